The molecule has 1 aromatic carbocycles. The summed E-state index contributed by atoms with van der Waals surface area (Å²) in [6.07, 6.45) is 3.38. The fraction of sp³-hybridized carbons (Fsp3) is 0.188. The minimum atomic E-state index is -0.474. The molecule has 0 unspecified atom stereocenters. The van der Waals surface area contributed by atoms with Gasteiger partial charge in [-0.2, -0.15) is 0 Å². The second kappa shape index (κ2) is 7.19. The van der Waals surface area contributed by atoms with Gasteiger partial charge < -0.3 is 9.64 Å². The van der Waals surface area contributed by atoms with Gasteiger partial charge in [0, 0.05) is 25.0 Å². The van der Waals surface area contributed by atoms with Crippen molar-refractivity contribution in [3.63, 3.8) is 0 Å². The summed E-state index contributed by atoms with van der Waals surface area (Å²) in [5.41, 5.74) is 1.65. The molecule has 2 aromatic rings. The number of aromatic nitrogens is 1. The molecule has 5 heteroatoms. The van der Waals surface area contributed by atoms with Crippen LogP contribution in [0.4, 0.5) is 5.69 Å². The molecular weight excluding hydrogens is 268 g/mol. The number of carbonyl (C=O) groups excluding carboxylic acids is 2. The van der Waals surface area contributed by atoms with Gasteiger partial charge in [0.1, 0.15) is 0 Å². The van der Waals surface area contributed by atoms with Crippen LogP contribution in [0, 0.1) is 0 Å². The van der Waals surface area contributed by atoms with Gasteiger partial charge in [0.25, 0.3) is 5.91 Å². The molecule has 0 spiro atoms. The fourth-order valence-electron chi connectivity index (χ4n) is 1.85. The van der Waals surface area contributed by atoms with Crippen molar-refractivity contribution < 1.29 is 14.3 Å². The number of nitrogens with zero attached hydrogens (tertiary/aromatic N) is 2. The molecule has 1 amide bonds. The summed E-state index contributed by atoms with van der Waals surface area (Å²) in [6.45, 7) is 1.38. The summed E-state index contributed by atoms with van der Waals surface area (Å²) in [7, 11) is 0. The number of amides is 1. The van der Waals surface area contributed by atoms with Crippen LogP contribution >= 0.6 is 0 Å². The summed E-state index contributed by atoms with van der Waals surface area (Å²) in [4.78, 5) is 28.8. The van der Waals surface area contributed by atoms with Gasteiger partial charge in [-0.05, 0) is 23.8 Å². The Kier molecular flexibility index (Phi) is 5.04. The van der Waals surface area contributed by atoms with Crippen molar-refractivity contribution in [2.24, 2.45) is 0 Å². The van der Waals surface area contributed by atoms with Gasteiger partial charge in [-0.1, -0.05) is 24.3 Å². The van der Waals surface area contributed by atoms with E-state index in [1.807, 2.05) is 42.5 Å². The molecule has 0 saturated carbocycles. The van der Waals surface area contributed by atoms with Crippen molar-refractivity contribution in [1.29, 1.82) is 0 Å². The van der Waals surface area contributed by atoms with Crippen molar-refractivity contribution in [2.75, 3.05) is 11.5 Å². The number of ether oxygens (including phenoxy) is 1. The summed E-state index contributed by atoms with van der Waals surface area (Å²) in [5.74, 6) is -0.752. The van der Waals surface area contributed by atoms with Crippen molar-refractivity contribution in [1.82, 2.24) is 4.98 Å². The summed E-state index contributed by atoms with van der Waals surface area (Å²) < 4.78 is 4.80. The number of benzene rings is 1. The Morgan fingerprint density at radius 2 is 1.90 bits per heavy atom. The lowest BCUT2D eigenvalue weighted by molar-refractivity contribution is -0.145. The SMILES string of the molecule is CC(=O)OCC(=O)N(Cc1cccnc1)c1ccccc1. The van der Waals surface area contributed by atoms with Gasteiger partial charge in [0.2, 0.25) is 0 Å². The first-order valence-corrected chi connectivity index (χ1v) is 6.54. The first-order chi connectivity index (χ1) is 10.2. The molecule has 1 aromatic heterocycles. The van der Waals surface area contributed by atoms with E-state index < -0.39 is 5.97 Å². The van der Waals surface area contributed by atoms with Crippen LogP contribution in [-0.4, -0.2) is 23.5 Å². The Bertz CT molecular complexity index is 599. The number of hydrogen-bond acceptors (Lipinski definition) is 4. The normalized spacial score (nSPS) is 9.95. The maximum Gasteiger partial charge on any atom is 0.303 e. The minimum Gasteiger partial charge on any atom is -0.456 e. The lowest BCUT2D eigenvalue weighted by Gasteiger charge is -2.22. The van der Waals surface area contributed by atoms with E-state index >= 15 is 0 Å². The topological polar surface area (TPSA) is 59.5 Å². The van der Waals surface area contributed by atoms with Gasteiger partial charge in [0.15, 0.2) is 6.61 Å². The smallest absolute Gasteiger partial charge is 0.303 e. The monoisotopic (exact) mass is 284 g/mol. The van der Waals surface area contributed by atoms with Crippen molar-refractivity contribution in [2.45, 2.75) is 13.5 Å². The Morgan fingerprint density at radius 1 is 1.14 bits per heavy atom. The lowest BCUT2D eigenvalue weighted by atomic mass is 10.2. The highest BCUT2D eigenvalue weighted by Gasteiger charge is 2.17. The van der Waals surface area contributed by atoms with Gasteiger partial charge in [0.05, 0.1) is 6.54 Å². The first kappa shape index (κ1) is 14.7. The van der Waals surface area contributed by atoms with E-state index in [-0.39, 0.29) is 12.5 Å². The van der Waals surface area contributed by atoms with Crippen LogP contribution in [-0.2, 0) is 20.9 Å². The van der Waals surface area contributed by atoms with E-state index in [2.05, 4.69) is 4.98 Å². The van der Waals surface area contributed by atoms with E-state index in [1.54, 1.807) is 17.3 Å². The fourth-order valence-corrected chi connectivity index (χ4v) is 1.85. The Morgan fingerprint density at radius 3 is 2.52 bits per heavy atom. The standard InChI is InChI=1S/C16H16N2O3/c1-13(19)21-12-16(20)18(15-7-3-2-4-8-15)11-14-6-5-9-17-10-14/h2-10H,11-12H2,1H3. The highest BCUT2D eigenvalue weighted by molar-refractivity contribution is 5.95. The van der Waals surface area contributed by atoms with Gasteiger partial charge in [-0.3, -0.25) is 14.6 Å². The Hall–Kier alpha value is -2.69. The van der Waals surface area contributed by atoms with Gasteiger partial charge >= 0.3 is 5.97 Å². The van der Waals surface area contributed by atoms with E-state index in [0.717, 1.165) is 11.3 Å². The van der Waals surface area contributed by atoms with Crippen molar-refractivity contribution in [3.8, 4) is 0 Å². The van der Waals surface area contributed by atoms with E-state index in [9.17, 15) is 9.59 Å². The summed E-state index contributed by atoms with van der Waals surface area (Å²) in [5, 5.41) is 0. The molecule has 108 valence electrons. The molecule has 1 heterocycles. The van der Waals surface area contributed by atoms with Crippen LogP contribution < -0.4 is 4.90 Å². The number of carbonyl (C=O) groups is 2. The third-order valence-electron chi connectivity index (χ3n) is 2.83. The predicted octanol–water partition coefficient (Wildman–Crippen LogP) is 2.18. The summed E-state index contributed by atoms with van der Waals surface area (Å²) in [6, 6.07) is 13.0. The van der Waals surface area contributed by atoms with E-state index in [4.69, 9.17) is 4.74 Å². The highest BCUT2D eigenvalue weighted by atomic mass is 16.5. The Balaban J connectivity index is 2.18. The molecule has 2 rings (SSSR count). The number of anilines is 1. The molecule has 5 nitrogen and oxygen atoms in total. The highest BCUT2D eigenvalue weighted by Crippen LogP contribution is 2.16. The van der Waals surface area contributed by atoms with Crippen LogP contribution in [0.2, 0.25) is 0 Å². The molecular formula is C16H16N2O3. The predicted molar refractivity (Wildman–Crippen MR) is 78.5 cm³/mol. The van der Waals surface area contributed by atoms with Crippen LogP contribution in [0.3, 0.4) is 0 Å². The van der Waals surface area contributed by atoms with Crippen LogP contribution in [0.1, 0.15) is 12.5 Å². The van der Waals surface area contributed by atoms with Crippen LogP contribution in [0.5, 0.6) is 0 Å². The number of rotatable bonds is 5. The summed E-state index contributed by atoms with van der Waals surface area (Å²) >= 11 is 0. The van der Waals surface area contributed by atoms with Crippen LogP contribution in [0.15, 0.2) is 54.9 Å². The second-order valence-electron chi connectivity index (χ2n) is 4.46. The first-order valence-electron chi connectivity index (χ1n) is 6.54. The molecule has 0 aliphatic heterocycles. The third-order valence-corrected chi connectivity index (χ3v) is 2.83. The van der Waals surface area contributed by atoms with Crippen molar-refractivity contribution >= 4 is 17.6 Å². The zero-order valence-corrected chi connectivity index (χ0v) is 11.7. The number of para-hydroxylation sites is 1. The third kappa shape index (κ3) is 4.42. The van der Waals surface area contributed by atoms with Crippen molar-refractivity contribution in [3.05, 3.63) is 60.4 Å². The zero-order chi connectivity index (χ0) is 15.1. The maximum atomic E-state index is 12.3. The second-order valence-corrected chi connectivity index (χ2v) is 4.46. The minimum absolute atomic E-state index is 0.273. The quantitative estimate of drug-likeness (QED) is 0.790. The molecule has 21 heavy (non-hydrogen) atoms. The average molecular weight is 284 g/mol. The van der Waals surface area contributed by atoms with Gasteiger partial charge in [-0.25, -0.2) is 0 Å². The molecule has 0 radical (unpaired) electrons. The molecule has 0 bridgehead atoms. The Labute approximate surface area is 123 Å². The largest absolute Gasteiger partial charge is 0.456 e. The average Bonchev–Trinajstić information content (AvgIpc) is 2.52. The van der Waals surface area contributed by atoms with E-state index in [1.165, 1.54) is 6.92 Å². The molecule has 0 aliphatic carbocycles. The molecule has 0 N–H and O–H groups in total. The molecule has 0 atom stereocenters. The zero-order valence-electron chi connectivity index (χ0n) is 11.7. The molecule has 0 saturated heterocycles. The number of pyridine rings is 1. The number of hydrogen-bond donors (Lipinski definition) is 0. The van der Waals surface area contributed by atoms with E-state index in [0.29, 0.717) is 6.54 Å². The molecule has 0 fully saturated rings. The lowest BCUT2D eigenvalue weighted by Crippen LogP contribution is -2.34. The number of esters is 1. The van der Waals surface area contributed by atoms with Gasteiger partial charge in [-0.15, -0.1) is 0 Å². The molecule has 0 aliphatic rings. The maximum absolute atomic E-state index is 12.3. The van der Waals surface area contributed by atoms with Crippen LogP contribution in [0.25, 0.3) is 0 Å².